The van der Waals surface area contributed by atoms with Crippen LogP contribution in [0.25, 0.3) is 0 Å². The van der Waals surface area contributed by atoms with Crippen LogP contribution in [0.5, 0.6) is 0 Å². The molecule has 0 amide bonds. The van der Waals surface area contributed by atoms with Gasteiger partial charge in [0, 0.05) is 24.5 Å². The third kappa shape index (κ3) is 3.73. The van der Waals surface area contributed by atoms with Gasteiger partial charge in [0.1, 0.15) is 0 Å². The first-order valence-electron chi connectivity index (χ1n) is 7.20. The van der Waals surface area contributed by atoms with Gasteiger partial charge in [-0.1, -0.05) is 48.0 Å². The predicted octanol–water partition coefficient (Wildman–Crippen LogP) is 4.21. The molecule has 1 nitrogen and oxygen atoms in total. The molecular formula is C14H26BrN. The summed E-state index contributed by atoms with van der Waals surface area (Å²) in [4.78, 5) is 2.80. The molecule has 2 fully saturated rings. The van der Waals surface area contributed by atoms with E-state index in [1.54, 1.807) is 0 Å². The molecule has 0 aromatic heterocycles. The monoisotopic (exact) mass is 287 g/mol. The highest BCUT2D eigenvalue weighted by molar-refractivity contribution is 9.09. The Hall–Kier alpha value is 0.440. The summed E-state index contributed by atoms with van der Waals surface area (Å²) in [6.07, 6.45) is 13.3. The van der Waals surface area contributed by atoms with Gasteiger partial charge in [-0.15, -0.1) is 0 Å². The second kappa shape index (κ2) is 7.00. The van der Waals surface area contributed by atoms with Gasteiger partial charge in [-0.25, -0.2) is 0 Å². The summed E-state index contributed by atoms with van der Waals surface area (Å²) < 4.78 is 0. The Kier molecular flexibility index (Phi) is 5.64. The Morgan fingerprint density at radius 2 is 1.50 bits per heavy atom. The fraction of sp³-hybridized carbons (Fsp3) is 1.00. The first-order chi connectivity index (χ1) is 7.90. The number of halogens is 1. The Morgan fingerprint density at radius 1 is 0.875 bits per heavy atom. The van der Waals surface area contributed by atoms with E-state index in [9.17, 15) is 0 Å². The minimum absolute atomic E-state index is 0.909. The van der Waals surface area contributed by atoms with Crippen molar-refractivity contribution in [2.45, 2.75) is 63.8 Å². The van der Waals surface area contributed by atoms with E-state index < -0.39 is 0 Å². The van der Waals surface area contributed by atoms with E-state index in [0.29, 0.717) is 0 Å². The van der Waals surface area contributed by atoms with Gasteiger partial charge in [0.2, 0.25) is 0 Å². The quantitative estimate of drug-likeness (QED) is 0.685. The molecule has 0 atom stereocenters. The predicted molar refractivity (Wildman–Crippen MR) is 74.2 cm³/mol. The summed E-state index contributed by atoms with van der Waals surface area (Å²) in [5.74, 6) is 1.01. The number of nitrogens with zero attached hydrogens (tertiary/aromatic N) is 1. The molecule has 0 N–H and O–H groups in total. The van der Waals surface area contributed by atoms with Crippen molar-refractivity contribution in [2.24, 2.45) is 5.92 Å². The minimum atomic E-state index is 0.909. The average Bonchev–Trinajstić information content (AvgIpc) is 2.83. The molecule has 0 aromatic carbocycles. The zero-order valence-corrected chi connectivity index (χ0v) is 12.1. The van der Waals surface area contributed by atoms with Crippen LogP contribution in [0.2, 0.25) is 0 Å². The second-order valence-electron chi connectivity index (χ2n) is 5.63. The fourth-order valence-corrected chi connectivity index (χ4v) is 3.96. The van der Waals surface area contributed by atoms with Crippen molar-refractivity contribution >= 4 is 15.9 Å². The molecule has 0 saturated heterocycles. The molecule has 2 heteroatoms. The highest BCUT2D eigenvalue weighted by Crippen LogP contribution is 2.29. The molecule has 0 radical (unpaired) electrons. The average molecular weight is 288 g/mol. The largest absolute Gasteiger partial charge is 0.299 e. The Morgan fingerprint density at radius 3 is 2.12 bits per heavy atom. The molecule has 2 aliphatic rings. The molecule has 0 heterocycles. The van der Waals surface area contributed by atoms with Crippen molar-refractivity contribution in [2.75, 3.05) is 18.4 Å². The molecule has 0 aromatic rings. The number of hydrogen-bond acceptors (Lipinski definition) is 1. The maximum absolute atomic E-state index is 3.62. The number of hydrogen-bond donors (Lipinski definition) is 0. The molecule has 94 valence electrons. The summed E-state index contributed by atoms with van der Waals surface area (Å²) in [5, 5.41) is 1.15. The van der Waals surface area contributed by atoms with E-state index >= 15 is 0 Å². The lowest BCUT2D eigenvalue weighted by molar-refractivity contribution is 0.142. The van der Waals surface area contributed by atoms with Gasteiger partial charge in [-0.2, -0.15) is 0 Å². The van der Waals surface area contributed by atoms with Crippen LogP contribution in [-0.4, -0.2) is 29.4 Å². The van der Waals surface area contributed by atoms with Crippen LogP contribution in [0.3, 0.4) is 0 Å². The Bertz CT molecular complexity index is 183. The van der Waals surface area contributed by atoms with Gasteiger partial charge in [-0.05, 0) is 31.6 Å². The summed E-state index contributed by atoms with van der Waals surface area (Å²) in [7, 11) is 0. The van der Waals surface area contributed by atoms with Crippen LogP contribution < -0.4 is 0 Å². The zero-order valence-electron chi connectivity index (χ0n) is 10.5. The highest BCUT2D eigenvalue weighted by Gasteiger charge is 2.24. The molecule has 0 bridgehead atoms. The van der Waals surface area contributed by atoms with Crippen molar-refractivity contribution in [1.82, 2.24) is 4.90 Å². The maximum Gasteiger partial charge on any atom is 0.0159 e. The molecule has 2 aliphatic carbocycles. The van der Waals surface area contributed by atoms with Crippen molar-refractivity contribution in [3.63, 3.8) is 0 Å². The minimum Gasteiger partial charge on any atom is -0.299 e. The zero-order chi connectivity index (χ0) is 11.2. The van der Waals surface area contributed by atoms with Crippen molar-refractivity contribution < 1.29 is 0 Å². The summed E-state index contributed by atoms with van der Waals surface area (Å²) in [6.45, 7) is 2.65. The molecule has 0 aliphatic heterocycles. The van der Waals surface area contributed by atoms with E-state index in [1.807, 2.05) is 0 Å². The Balaban J connectivity index is 1.82. The third-order valence-corrected chi connectivity index (χ3v) is 4.78. The molecule has 16 heavy (non-hydrogen) atoms. The standard InChI is InChI=1S/C14H26BrN/c15-10-11-16(12-13-6-4-5-7-13)14-8-2-1-3-9-14/h13-14H,1-12H2. The lowest BCUT2D eigenvalue weighted by atomic mass is 9.93. The van der Waals surface area contributed by atoms with E-state index in [4.69, 9.17) is 0 Å². The van der Waals surface area contributed by atoms with Crippen LogP contribution in [0.15, 0.2) is 0 Å². The normalized spacial score (nSPS) is 24.4. The van der Waals surface area contributed by atoms with Crippen LogP contribution in [-0.2, 0) is 0 Å². The van der Waals surface area contributed by atoms with Gasteiger partial charge < -0.3 is 0 Å². The molecule has 2 rings (SSSR count). The van der Waals surface area contributed by atoms with Gasteiger partial charge in [0.25, 0.3) is 0 Å². The van der Waals surface area contributed by atoms with E-state index in [2.05, 4.69) is 20.8 Å². The SMILES string of the molecule is BrCCN(CC1CCCC1)C1CCCCC1. The first-order valence-corrected chi connectivity index (χ1v) is 8.32. The Labute approximate surface area is 109 Å². The lowest BCUT2D eigenvalue weighted by Crippen LogP contribution is -2.40. The van der Waals surface area contributed by atoms with Crippen LogP contribution in [0.4, 0.5) is 0 Å². The third-order valence-electron chi connectivity index (χ3n) is 4.43. The lowest BCUT2D eigenvalue weighted by Gasteiger charge is -2.35. The van der Waals surface area contributed by atoms with Gasteiger partial charge in [-0.3, -0.25) is 4.90 Å². The van der Waals surface area contributed by atoms with E-state index in [-0.39, 0.29) is 0 Å². The van der Waals surface area contributed by atoms with Gasteiger partial charge in [0.15, 0.2) is 0 Å². The van der Waals surface area contributed by atoms with Crippen LogP contribution in [0.1, 0.15) is 57.8 Å². The topological polar surface area (TPSA) is 3.24 Å². The summed E-state index contributed by atoms with van der Waals surface area (Å²) in [6, 6.07) is 0.909. The summed E-state index contributed by atoms with van der Waals surface area (Å²) >= 11 is 3.62. The van der Waals surface area contributed by atoms with E-state index in [0.717, 1.165) is 17.3 Å². The smallest absolute Gasteiger partial charge is 0.0159 e. The molecule has 2 saturated carbocycles. The highest BCUT2D eigenvalue weighted by atomic mass is 79.9. The van der Waals surface area contributed by atoms with Gasteiger partial charge in [0.05, 0.1) is 0 Å². The second-order valence-corrected chi connectivity index (χ2v) is 6.42. The van der Waals surface area contributed by atoms with E-state index in [1.165, 1.54) is 70.9 Å². The van der Waals surface area contributed by atoms with Crippen molar-refractivity contribution in [1.29, 1.82) is 0 Å². The molecular weight excluding hydrogens is 262 g/mol. The fourth-order valence-electron chi connectivity index (χ4n) is 3.50. The first kappa shape index (κ1) is 12.9. The summed E-state index contributed by atoms with van der Waals surface area (Å²) in [5.41, 5.74) is 0. The van der Waals surface area contributed by atoms with Crippen LogP contribution >= 0.6 is 15.9 Å². The molecule has 0 spiro atoms. The number of alkyl halides is 1. The van der Waals surface area contributed by atoms with Crippen molar-refractivity contribution in [3.05, 3.63) is 0 Å². The van der Waals surface area contributed by atoms with Crippen molar-refractivity contribution in [3.8, 4) is 0 Å². The maximum atomic E-state index is 3.62. The number of rotatable bonds is 5. The molecule has 0 unspecified atom stereocenters. The van der Waals surface area contributed by atoms with Gasteiger partial charge >= 0.3 is 0 Å². The van der Waals surface area contributed by atoms with Crippen LogP contribution in [0, 0.1) is 5.92 Å².